The van der Waals surface area contributed by atoms with Gasteiger partial charge in [-0.3, -0.25) is 0 Å². The Kier molecular flexibility index (Phi) is 5.64. The van der Waals surface area contributed by atoms with Crippen molar-refractivity contribution in [2.24, 2.45) is 0 Å². The molecule has 0 bridgehead atoms. The molecule has 1 fully saturated rings. The van der Waals surface area contributed by atoms with Crippen LogP contribution in [0.2, 0.25) is 0 Å². The molecule has 0 atom stereocenters. The normalized spacial score (nSPS) is 16.1. The second-order valence-electron chi connectivity index (χ2n) is 8.97. The summed E-state index contributed by atoms with van der Waals surface area (Å²) in [6.07, 6.45) is 10.3. The molecule has 0 saturated heterocycles. The van der Waals surface area contributed by atoms with Crippen LogP contribution in [0.3, 0.4) is 0 Å². The summed E-state index contributed by atoms with van der Waals surface area (Å²) in [6.45, 7) is 8.38. The van der Waals surface area contributed by atoms with E-state index in [2.05, 4.69) is 45.1 Å². The van der Waals surface area contributed by atoms with Crippen molar-refractivity contribution in [3.63, 3.8) is 0 Å². The molecule has 0 aliphatic heterocycles. The van der Waals surface area contributed by atoms with Crippen molar-refractivity contribution >= 4 is 12.2 Å². The molecule has 1 aliphatic carbocycles. The molecule has 3 rings (SSSR count). The maximum Gasteiger partial charge on any atom is 0.122 e. The summed E-state index contributed by atoms with van der Waals surface area (Å²) in [4.78, 5) is 0. The number of benzene rings is 2. The Bertz CT molecular complexity index is 834. The molecule has 27 heavy (non-hydrogen) atoms. The van der Waals surface area contributed by atoms with Crippen molar-refractivity contribution in [1.82, 2.24) is 0 Å². The van der Waals surface area contributed by atoms with Crippen molar-refractivity contribution < 1.29 is 10.2 Å². The van der Waals surface area contributed by atoms with Crippen LogP contribution in [0, 0.1) is 6.92 Å². The number of rotatable bonds is 3. The van der Waals surface area contributed by atoms with Gasteiger partial charge in [-0.1, -0.05) is 58.3 Å². The molecule has 0 heterocycles. The van der Waals surface area contributed by atoms with Crippen molar-refractivity contribution in [2.75, 3.05) is 0 Å². The van der Waals surface area contributed by atoms with Gasteiger partial charge >= 0.3 is 0 Å². The minimum atomic E-state index is -0.105. The highest BCUT2D eigenvalue weighted by molar-refractivity contribution is 5.72. The van der Waals surface area contributed by atoms with E-state index < -0.39 is 0 Å². The first-order valence-corrected chi connectivity index (χ1v) is 10.1. The van der Waals surface area contributed by atoms with Crippen LogP contribution in [0.25, 0.3) is 12.2 Å². The molecule has 1 saturated carbocycles. The zero-order valence-corrected chi connectivity index (χ0v) is 17.0. The van der Waals surface area contributed by atoms with Gasteiger partial charge in [-0.15, -0.1) is 0 Å². The SMILES string of the molecule is Cc1cc(C=Cc2cc(C3CCCCC3)c(O)c(C(C)(C)C)c2)ccc1O. The molecule has 0 amide bonds. The summed E-state index contributed by atoms with van der Waals surface area (Å²) in [6, 6.07) is 9.93. The van der Waals surface area contributed by atoms with E-state index >= 15 is 0 Å². The Labute approximate surface area is 163 Å². The second kappa shape index (κ2) is 7.80. The van der Waals surface area contributed by atoms with Gasteiger partial charge in [0, 0.05) is 5.56 Å². The largest absolute Gasteiger partial charge is 0.508 e. The predicted octanol–water partition coefficient (Wildman–Crippen LogP) is 6.92. The van der Waals surface area contributed by atoms with E-state index in [0.717, 1.165) is 27.8 Å². The van der Waals surface area contributed by atoms with Crippen molar-refractivity contribution in [3.05, 3.63) is 58.1 Å². The first-order valence-electron chi connectivity index (χ1n) is 10.1. The van der Waals surface area contributed by atoms with Crippen molar-refractivity contribution in [2.45, 2.75) is 71.1 Å². The number of phenolic OH excluding ortho intramolecular Hbond substituents is 2. The summed E-state index contributed by atoms with van der Waals surface area (Å²) in [5.41, 5.74) is 5.10. The summed E-state index contributed by atoms with van der Waals surface area (Å²) >= 11 is 0. The predicted molar refractivity (Wildman–Crippen MR) is 114 cm³/mol. The fraction of sp³-hybridized carbons (Fsp3) is 0.440. The summed E-state index contributed by atoms with van der Waals surface area (Å²) in [5, 5.41) is 20.7. The van der Waals surface area contributed by atoms with Crippen LogP contribution in [-0.2, 0) is 5.41 Å². The second-order valence-corrected chi connectivity index (χ2v) is 8.97. The van der Waals surface area contributed by atoms with Gasteiger partial charge in [0.05, 0.1) is 0 Å². The van der Waals surface area contributed by atoms with E-state index in [-0.39, 0.29) is 5.41 Å². The van der Waals surface area contributed by atoms with Crippen LogP contribution in [0.15, 0.2) is 30.3 Å². The minimum Gasteiger partial charge on any atom is -0.508 e. The molecular formula is C25H32O2. The first kappa shape index (κ1) is 19.5. The third-order valence-electron chi connectivity index (χ3n) is 5.70. The molecule has 2 aromatic carbocycles. The highest BCUT2D eigenvalue weighted by Crippen LogP contribution is 2.42. The molecule has 0 radical (unpaired) electrons. The number of hydrogen-bond donors (Lipinski definition) is 2. The third-order valence-corrected chi connectivity index (χ3v) is 5.70. The zero-order chi connectivity index (χ0) is 19.6. The van der Waals surface area contributed by atoms with Crippen LogP contribution in [0.4, 0.5) is 0 Å². The van der Waals surface area contributed by atoms with Crippen molar-refractivity contribution in [3.8, 4) is 11.5 Å². The lowest BCUT2D eigenvalue weighted by Crippen LogP contribution is -2.14. The molecule has 2 heteroatoms. The van der Waals surface area contributed by atoms with Crippen LogP contribution in [-0.4, -0.2) is 10.2 Å². The lowest BCUT2D eigenvalue weighted by atomic mass is 9.78. The topological polar surface area (TPSA) is 40.5 Å². The minimum absolute atomic E-state index is 0.105. The molecule has 0 aromatic heterocycles. The Morgan fingerprint density at radius 2 is 1.56 bits per heavy atom. The van der Waals surface area contributed by atoms with Crippen LogP contribution in [0.1, 0.15) is 86.6 Å². The van der Waals surface area contributed by atoms with Gasteiger partial charge in [-0.2, -0.15) is 0 Å². The lowest BCUT2D eigenvalue weighted by molar-refractivity contribution is 0.403. The molecule has 0 spiro atoms. The third kappa shape index (κ3) is 4.55. The van der Waals surface area contributed by atoms with Gasteiger partial charge in [-0.05, 0) is 77.6 Å². The fourth-order valence-electron chi connectivity index (χ4n) is 4.05. The lowest BCUT2D eigenvalue weighted by Gasteiger charge is -2.28. The monoisotopic (exact) mass is 364 g/mol. The molecule has 2 N–H and O–H groups in total. The fourth-order valence-corrected chi connectivity index (χ4v) is 4.05. The smallest absolute Gasteiger partial charge is 0.122 e. The Morgan fingerprint density at radius 1 is 0.889 bits per heavy atom. The zero-order valence-electron chi connectivity index (χ0n) is 17.0. The summed E-state index contributed by atoms with van der Waals surface area (Å²) in [7, 11) is 0. The molecule has 144 valence electrons. The van der Waals surface area contributed by atoms with Gasteiger partial charge < -0.3 is 10.2 Å². The van der Waals surface area contributed by atoms with E-state index in [4.69, 9.17) is 0 Å². The number of aryl methyl sites for hydroxylation is 1. The van der Waals surface area contributed by atoms with Crippen LogP contribution >= 0.6 is 0 Å². The number of hydrogen-bond acceptors (Lipinski definition) is 2. The Morgan fingerprint density at radius 3 is 2.19 bits per heavy atom. The molecule has 0 unspecified atom stereocenters. The van der Waals surface area contributed by atoms with E-state index in [1.165, 1.54) is 32.1 Å². The van der Waals surface area contributed by atoms with E-state index in [1.54, 1.807) is 6.07 Å². The standard InChI is InChI=1S/C25H32O2/c1-17-14-18(12-13-23(17)26)10-11-19-15-21(20-8-6-5-7-9-20)24(27)22(16-19)25(2,3)4/h10-16,20,26-27H,5-9H2,1-4H3. The van der Waals surface area contributed by atoms with Gasteiger partial charge in [0.25, 0.3) is 0 Å². The van der Waals surface area contributed by atoms with E-state index in [1.807, 2.05) is 19.1 Å². The van der Waals surface area contributed by atoms with Crippen molar-refractivity contribution in [1.29, 1.82) is 0 Å². The Hall–Kier alpha value is -2.22. The maximum atomic E-state index is 11.0. The Balaban J connectivity index is 2.00. The molecule has 1 aliphatic rings. The van der Waals surface area contributed by atoms with Crippen LogP contribution in [0.5, 0.6) is 11.5 Å². The van der Waals surface area contributed by atoms with Gasteiger partial charge in [0.2, 0.25) is 0 Å². The maximum absolute atomic E-state index is 11.0. The highest BCUT2D eigenvalue weighted by Gasteiger charge is 2.25. The quantitative estimate of drug-likeness (QED) is 0.580. The first-order chi connectivity index (χ1) is 12.8. The van der Waals surface area contributed by atoms with Gasteiger partial charge in [-0.25, -0.2) is 0 Å². The van der Waals surface area contributed by atoms with Gasteiger partial charge in [0.15, 0.2) is 0 Å². The summed E-state index contributed by atoms with van der Waals surface area (Å²) in [5.74, 6) is 1.28. The highest BCUT2D eigenvalue weighted by atomic mass is 16.3. The van der Waals surface area contributed by atoms with Crippen LogP contribution < -0.4 is 0 Å². The van der Waals surface area contributed by atoms with E-state index in [0.29, 0.717) is 17.4 Å². The number of phenols is 2. The molecular weight excluding hydrogens is 332 g/mol. The average molecular weight is 365 g/mol. The van der Waals surface area contributed by atoms with Gasteiger partial charge in [0.1, 0.15) is 11.5 Å². The number of aromatic hydroxyl groups is 2. The summed E-state index contributed by atoms with van der Waals surface area (Å²) < 4.78 is 0. The van der Waals surface area contributed by atoms with E-state index in [9.17, 15) is 10.2 Å². The average Bonchev–Trinajstić information content (AvgIpc) is 2.63. The molecule has 2 nitrogen and oxygen atoms in total. The molecule has 2 aromatic rings.